The lowest BCUT2D eigenvalue weighted by Crippen LogP contribution is -2.52. The predicted octanol–water partition coefficient (Wildman–Crippen LogP) is 1.38. The Kier molecular flexibility index (Phi) is 4.09. The first kappa shape index (κ1) is 16.0. The average Bonchev–Trinajstić information content (AvgIpc) is 2.63. The highest BCUT2D eigenvalue weighted by atomic mass is 32.1. The lowest BCUT2D eigenvalue weighted by Gasteiger charge is -2.43. The second-order valence-electron chi connectivity index (χ2n) is 6.60. The van der Waals surface area contributed by atoms with Gasteiger partial charge in [0.15, 0.2) is 5.11 Å². The van der Waals surface area contributed by atoms with Crippen LogP contribution in [0.2, 0.25) is 0 Å². The van der Waals surface area contributed by atoms with Gasteiger partial charge in [0, 0.05) is 49.7 Å². The third-order valence-corrected chi connectivity index (χ3v) is 5.27. The first-order valence-corrected chi connectivity index (χ1v) is 8.72. The van der Waals surface area contributed by atoms with Gasteiger partial charge in [-0.3, -0.25) is 19.9 Å². The first-order chi connectivity index (χ1) is 12.1. The van der Waals surface area contributed by atoms with Crippen molar-refractivity contribution in [2.24, 2.45) is 5.92 Å². The Morgan fingerprint density at radius 3 is 2.88 bits per heavy atom. The standard InChI is InChI=1S/C18H18N4O2S/c23-16-5-1-4-15-14-7-12(10-22(15)16)9-21(11-14)18(25)20-17(24)13-3-2-6-19-8-13/h1-6,8,12,14H,7,9-11H2,(H,20,24,25)/t12-,14?/m0/s1. The van der Waals surface area contributed by atoms with Crippen molar-refractivity contribution in [2.45, 2.75) is 18.9 Å². The maximum atomic E-state index is 12.3. The van der Waals surface area contributed by atoms with E-state index in [0.29, 0.717) is 29.7 Å². The number of carbonyl (C=O) groups is 1. The summed E-state index contributed by atoms with van der Waals surface area (Å²) < 4.78 is 1.88. The van der Waals surface area contributed by atoms with Crippen molar-refractivity contribution < 1.29 is 4.79 Å². The van der Waals surface area contributed by atoms with Gasteiger partial charge in [-0.15, -0.1) is 0 Å². The Bertz CT molecular complexity index is 880. The second-order valence-corrected chi connectivity index (χ2v) is 6.99. The maximum Gasteiger partial charge on any atom is 0.258 e. The van der Waals surface area contributed by atoms with E-state index in [2.05, 4.69) is 10.3 Å². The largest absolute Gasteiger partial charge is 0.348 e. The molecule has 0 aliphatic carbocycles. The van der Waals surface area contributed by atoms with Crippen LogP contribution in [-0.2, 0) is 6.54 Å². The molecule has 2 aliphatic heterocycles. The van der Waals surface area contributed by atoms with E-state index in [4.69, 9.17) is 12.2 Å². The molecule has 2 atom stereocenters. The molecular formula is C18H18N4O2S. The first-order valence-electron chi connectivity index (χ1n) is 8.32. The molecule has 1 saturated heterocycles. The maximum absolute atomic E-state index is 12.3. The van der Waals surface area contributed by atoms with Crippen LogP contribution in [0.4, 0.5) is 0 Å². The van der Waals surface area contributed by atoms with E-state index in [1.807, 2.05) is 21.6 Å². The molecule has 0 spiro atoms. The summed E-state index contributed by atoms with van der Waals surface area (Å²) >= 11 is 5.46. The van der Waals surface area contributed by atoms with Gasteiger partial charge in [0.1, 0.15) is 0 Å². The number of rotatable bonds is 1. The van der Waals surface area contributed by atoms with E-state index in [9.17, 15) is 9.59 Å². The number of amides is 1. The average molecular weight is 354 g/mol. The van der Waals surface area contributed by atoms with E-state index in [1.54, 1.807) is 24.4 Å². The lowest BCUT2D eigenvalue weighted by atomic mass is 9.83. The number of hydrogen-bond acceptors (Lipinski definition) is 4. The van der Waals surface area contributed by atoms with Gasteiger partial charge in [0.2, 0.25) is 0 Å². The summed E-state index contributed by atoms with van der Waals surface area (Å²) in [6, 6.07) is 8.87. The summed E-state index contributed by atoms with van der Waals surface area (Å²) in [5, 5.41) is 3.24. The fourth-order valence-electron chi connectivity index (χ4n) is 3.81. The zero-order chi connectivity index (χ0) is 17.4. The highest BCUT2D eigenvalue weighted by molar-refractivity contribution is 7.80. The monoisotopic (exact) mass is 354 g/mol. The number of aromatic nitrogens is 2. The highest BCUT2D eigenvalue weighted by Gasteiger charge is 2.35. The quantitative estimate of drug-likeness (QED) is 0.784. The molecule has 2 aromatic rings. The van der Waals surface area contributed by atoms with Crippen LogP contribution in [0.5, 0.6) is 0 Å². The Morgan fingerprint density at radius 1 is 1.20 bits per heavy atom. The van der Waals surface area contributed by atoms with Gasteiger partial charge in [-0.2, -0.15) is 0 Å². The van der Waals surface area contributed by atoms with Crippen LogP contribution in [0.15, 0.2) is 47.5 Å². The molecule has 6 nitrogen and oxygen atoms in total. The van der Waals surface area contributed by atoms with Crippen LogP contribution < -0.4 is 10.9 Å². The summed E-state index contributed by atoms with van der Waals surface area (Å²) in [5.74, 6) is 0.375. The number of nitrogens with one attached hydrogen (secondary N) is 1. The van der Waals surface area contributed by atoms with Gasteiger partial charge in [-0.1, -0.05) is 6.07 Å². The van der Waals surface area contributed by atoms with E-state index < -0.39 is 0 Å². The normalized spacial score (nSPS) is 21.4. The lowest BCUT2D eigenvalue weighted by molar-refractivity contribution is 0.0967. The molecule has 1 amide bonds. The number of nitrogens with zero attached hydrogens (tertiary/aromatic N) is 3. The van der Waals surface area contributed by atoms with Crippen LogP contribution in [0.1, 0.15) is 28.4 Å². The highest BCUT2D eigenvalue weighted by Crippen LogP contribution is 2.34. The molecular weight excluding hydrogens is 336 g/mol. The molecule has 0 saturated carbocycles. The number of carbonyl (C=O) groups excluding carboxylic acids is 1. The van der Waals surface area contributed by atoms with Crippen LogP contribution in [0, 0.1) is 5.92 Å². The number of pyridine rings is 2. The van der Waals surface area contributed by atoms with E-state index in [-0.39, 0.29) is 17.4 Å². The summed E-state index contributed by atoms with van der Waals surface area (Å²) in [4.78, 5) is 30.4. The van der Waals surface area contributed by atoms with Gasteiger partial charge in [0.05, 0.1) is 5.56 Å². The smallest absolute Gasteiger partial charge is 0.258 e. The Morgan fingerprint density at radius 2 is 2.08 bits per heavy atom. The zero-order valence-corrected chi connectivity index (χ0v) is 14.4. The molecule has 1 unspecified atom stereocenters. The van der Waals surface area contributed by atoms with Crippen LogP contribution in [0.3, 0.4) is 0 Å². The van der Waals surface area contributed by atoms with E-state index in [0.717, 1.165) is 18.7 Å². The predicted molar refractivity (Wildman–Crippen MR) is 97.4 cm³/mol. The molecule has 2 aliphatic rings. The zero-order valence-electron chi connectivity index (χ0n) is 13.6. The second kappa shape index (κ2) is 6.40. The Hall–Kier alpha value is -2.54. The van der Waals surface area contributed by atoms with Crippen LogP contribution in [-0.4, -0.2) is 38.6 Å². The number of piperidine rings is 1. The minimum Gasteiger partial charge on any atom is -0.348 e. The molecule has 25 heavy (non-hydrogen) atoms. The molecule has 128 valence electrons. The van der Waals surface area contributed by atoms with E-state index >= 15 is 0 Å². The van der Waals surface area contributed by atoms with Crippen molar-refractivity contribution >= 4 is 23.2 Å². The van der Waals surface area contributed by atoms with Crippen molar-refractivity contribution in [3.63, 3.8) is 0 Å². The number of fused-ring (bicyclic) bond motifs is 4. The number of likely N-dealkylation sites (tertiary alicyclic amines) is 1. The van der Waals surface area contributed by atoms with Crippen molar-refractivity contribution in [1.82, 2.24) is 19.8 Å². The fourth-order valence-corrected chi connectivity index (χ4v) is 4.05. The third-order valence-electron chi connectivity index (χ3n) is 4.91. The van der Waals surface area contributed by atoms with Crippen molar-refractivity contribution in [2.75, 3.05) is 13.1 Å². The third kappa shape index (κ3) is 3.07. The van der Waals surface area contributed by atoms with Crippen LogP contribution >= 0.6 is 12.2 Å². The fraction of sp³-hybridized carbons (Fsp3) is 0.333. The van der Waals surface area contributed by atoms with Crippen molar-refractivity contribution in [1.29, 1.82) is 0 Å². The van der Waals surface area contributed by atoms with Crippen LogP contribution in [0.25, 0.3) is 0 Å². The summed E-state index contributed by atoms with van der Waals surface area (Å²) in [6.07, 6.45) is 4.20. The van der Waals surface area contributed by atoms with Gasteiger partial charge in [0.25, 0.3) is 11.5 Å². The van der Waals surface area contributed by atoms with Gasteiger partial charge >= 0.3 is 0 Å². The molecule has 0 aromatic carbocycles. The minimum absolute atomic E-state index is 0.0631. The Balaban J connectivity index is 1.49. The molecule has 7 heteroatoms. The molecule has 4 heterocycles. The molecule has 1 N–H and O–H groups in total. The Labute approximate surface area is 150 Å². The molecule has 0 radical (unpaired) electrons. The number of hydrogen-bond donors (Lipinski definition) is 1. The summed E-state index contributed by atoms with van der Waals surface area (Å²) in [7, 11) is 0. The van der Waals surface area contributed by atoms with E-state index in [1.165, 1.54) is 6.20 Å². The summed E-state index contributed by atoms with van der Waals surface area (Å²) in [6.45, 7) is 2.18. The minimum atomic E-state index is -0.245. The number of thiocarbonyl (C=S) groups is 1. The van der Waals surface area contributed by atoms with Gasteiger partial charge < -0.3 is 9.47 Å². The van der Waals surface area contributed by atoms with Crippen molar-refractivity contribution in [3.8, 4) is 0 Å². The van der Waals surface area contributed by atoms with Gasteiger partial charge in [-0.05, 0) is 42.8 Å². The molecule has 2 aromatic heterocycles. The topological polar surface area (TPSA) is 67.2 Å². The summed E-state index contributed by atoms with van der Waals surface area (Å²) in [5.41, 5.74) is 1.61. The van der Waals surface area contributed by atoms with Gasteiger partial charge in [-0.25, -0.2) is 0 Å². The molecule has 1 fully saturated rings. The molecule has 2 bridgehead atoms. The SMILES string of the molecule is O=C(NC(=S)N1CC2C[C@@H](C1)Cn1c2cccc1=O)c1cccnc1. The molecule has 4 rings (SSSR count). The van der Waals surface area contributed by atoms with Crippen molar-refractivity contribution in [3.05, 3.63) is 64.3 Å².